The zero-order valence-electron chi connectivity index (χ0n) is 10.7. The van der Waals surface area contributed by atoms with Crippen molar-refractivity contribution < 1.29 is 4.39 Å². The molecular formula is C13H14ClFN4. The van der Waals surface area contributed by atoms with Crippen LogP contribution in [0.1, 0.15) is 18.2 Å². The van der Waals surface area contributed by atoms with Crippen LogP contribution in [0.25, 0.3) is 11.4 Å². The van der Waals surface area contributed by atoms with Crippen LogP contribution in [0.4, 0.5) is 10.2 Å². The van der Waals surface area contributed by atoms with Gasteiger partial charge in [-0.25, -0.2) is 20.2 Å². The minimum Gasteiger partial charge on any atom is -0.308 e. The first-order valence-corrected chi connectivity index (χ1v) is 6.24. The van der Waals surface area contributed by atoms with Gasteiger partial charge in [0.05, 0.1) is 10.6 Å². The predicted octanol–water partition coefficient (Wildman–Crippen LogP) is 3.09. The number of nitrogens with one attached hydrogen (secondary N) is 1. The molecule has 0 amide bonds. The number of nitrogen functional groups attached to an aromatic ring is 1. The highest BCUT2D eigenvalue weighted by Crippen LogP contribution is 2.27. The fourth-order valence-electron chi connectivity index (χ4n) is 1.94. The molecule has 0 radical (unpaired) electrons. The molecule has 0 bridgehead atoms. The van der Waals surface area contributed by atoms with Gasteiger partial charge in [0.1, 0.15) is 5.82 Å². The van der Waals surface area contributed by atoms with Gasteiger partial charge in [0.15, 0.2) is 11.6 Å². The van der Waals surface area contributed by atoms with Crippen LogP contribution >= 0.6 is 11.6 Å². The molecule has 6 heteroatoms. The predicted molar refractivity (Wildman–Crippen MR) is 74.4 cm³/mol. The molecule has 0 aliphatic rings. The molecule has 1 aromatic carbocycles. The lowest BCUT2D eigenvalue weighted by Crippen LogP contribution is -2.13. The Hall–Kier alpha value is -1.72. The maximum atomic E-state index is 14.0. The molecule has 1 aromatic heterocycles. The first kappa shape index (κ1) is 13.7. The lowest BCUT2D eigenvalue weighted by atomic mass is 10.1. The molecule has 0 aliphatic heterocycles. The molecule has 3 N–H and O–H groups in total. The molecule has 0 aliphatic carbocycles. The van der Waals surface area contributed by atoms with Crippen LogP contribution in [0.5, 0.6) is 0 Å². The Bertz CT molecular complexity index is 616. The van der Waals surface area contributed by atoms with Crippen LogP contribution in [0.15, 0.2) is 18.2 Å². The van der Waals surface area contributed by atoms with Crippen molar-refractivity contribution in [1.82, 2.24) is 9.97 Å². The second-order valence-corrected chi connectivity index (χ2v) is 4.47. The van der Waals surface area contributed by atoms with Gasteiger partial charge in [-0.3, -0.25) is 0 Å². The van der Waals surface area contributed by atoms with Gasteiger partial charge in [-0.15, -0.1) is 0 Å². The number of anilines is 1. The van der Waals surface area contributed by atoms with Gasteiger partial charge in [0.25, 0.3) is 0 Å². The van der Waals surface area contributed by atoms with E-state index in [2.05, 4.69) is 15.4 Å². The fraction of sp³-hybridized carbons (Fsp3) is 0.231. The van der Waals surface area contributed by atoms with Crippen molar-refractivity contribution in [3.8, 4) is 11.4 Å². The summed E-state index contributed by atoms with van der Waals surface area (Å²) >= 11 is 5.76. The number of nitrogens with two attached hydrogens (primary N) is 1. The molecule has 4 nitrogen and oxygen atoms in total. The Morgan fingerprint density at radius 1 is 1.37 bits per heavy atom. The van der Waals surface area contributed by atoms with E-state index in [-0.39, 0.29) is 16.4 Å². The normalized spacial score (nSPS) is 10.6. The number of hydrazine groups is 1. The van der Waals surface area contributed by atoms with E-state index in [4.69, 9.17) is 17.4 Å². The Labute approximate surface area is 115 Å². The zero-order chi connectivity index (χ0) is 14.0. The van der Waals surface area contributed by atoms with Gasteiger partial charge < -0.3 is 5.43 Å². The van der Waals surface area contributed by atoms with Gasteiger partial charge in [-0.2, -0.15) is 0 Å². The van der Waals surface area contributed by atoms with Crippen molar-refractivity contribution in [1.29, 1.82) is 0 Å². The maximum Gasteiger partial charge on any atom is 0.164 e. The van der Waals surface area contributed by atoms with Crippen molar-refractivity contribution in [2.24, 2.45) is 5.84 Å². The summed E-state index contributed by atoms with van der Waals surface area (Å²) in [6.45, 7) is 3.82. The van der Waals surface area contributed by atoms with Crippen LogP contribution in [0, 0.1) is 12.7 Å². The molecule has 2 aromatic rings. The molecule has 100 valence electrons. The molecule has 0 saturated carbocycles. The molecule has 0 unspecified atom stereocenters. The first-order chi connectivity index (χ1) is 9.08. The highest BCUT2D eigenvalue weighted by atomic mass is 35.5. The summed E-state index contributed by atoms with van der Waals surface area (Å²) in [5.41, 5.74) is 4.46. The van der Waals surface area contributed by atoms with Gasteiger partial charge in [-0.1, -0.05) is 24.6 Å². The number of aryl methyl sites for hydroxylation is 1. The fourth-order valence-corrected chi connectivity index (χ4v) is 2.11. The molecule has 0 spiro atoms. The third-order valence-corrected chi connectivity index (χ3v) is 3.19. The van der Waals surface area contributed by atoms with Gasteiger partial charge in [0.2, 0.25) is 0 Å². The Morgan fingerprint density at radius 2 is 2.11 bits per heavy atom. The molecule has 0 fully saturated rings. The number of rotatable bonds is 3. The van der Waals surface area contributed by atoms with E-state index in [1.165, 1.54) is 6.07 Å². The van der Waals surface area contributed by atoms with Gasteiger partial charge in [0, 0.05) is 11.3 Å². The minimum absolute atomic E-state index is 0.0422. The van der Waals surface area contributed by atoms with E-state index in [1.807, 2.05) is 13.8 Å². The van der Waals surface area contributed by atoms with E-state index in [9.17, 15) is 4.39 Å². The SMILES string of the molecule is CCc1c(C)nc(-c2cccc(Cl)c2F)nc1NN. The van der Waals surface area contributed by atoms with Crippen molar-refractivity contribution in [2.75, 3.05) is 5.43 Å². The monoisotopic (exact) mass is 280 g/mol. The number of hydrogen-bond acceptors (Lipinski definition) is 4. The Kier molecular flexibility index (Phi) is 3.97. The van der Waals surface area contributed by atoms with Crippen LogP contribution < -0.4 is 11.3 Å². The highest BCUT2D eigenvalue weighted by Gasteiger charge is 2.15. The summed E-state index contributed by atoms with van der Waals surface area (Å²) in [6.07, 6.45) is 0.740. The number of nitrogens with zero attached hydrogens (tertiary/aromatic N) is 2. The van der Waals surface area contributed by atoms with Gasteiger partial charge in [-0.05, 0) is 25.5 Å². The molecular weight excluding hydrogens is 267 g/mol. The number of hydrogen-bond donors (Lipinski definition) is 2. The van der Waals surface area contributed by atoms with Crippen LogP contribution in [0.2, 0.25) is 5.02 Å². The van der Waals surface area contributed by atoms with Crippen molar-refractivity contribution >= 4 is 17.4 Å². The van der Waals surface area contributed by atoms with E-state index < -0.39 is 5.82 Å². The van der Waals surface area contributed by atoms with Crippen LogP contribution in [-0.2, 0) is 6.42 Å². The van der Waals surface area contributed by atoms with Crippen molar-refractivity contribution in [3.05, 3.63) is 40.3 Å². The average Bonchev–Trinajstić information content (AvgIpc) is 2.40. The summed E-state index contributed by atoms with van der Waals surface area (Å²) in [7, 11) is 0. The number of benzene rings is 1. The summed E-state index contributed by atoms with van der Waals surface area (Å²) in [4.78, 5) is 8.57. The second-order valence-electron chi connectivity index (χ2n) is 4.06. The molecule has 2 rings (SSSR count). The molecule has 1 heterocycles. The van der Waals surface area contributed by atoms with Crippen LogP contribution in [-0.4, -0.2) is 9.97 Å². The quantitative estimate of drug-likeness (QED) is 0.670. The van der Waals surface area contributed by atoms with E-state index >= 15 is 0 Å². The minimum atomic E-state index is -0.532. The first-order valence-electron chi connectivity index (χ1n) is 5.87. The summed E-state index contributed by atoms with van der Waals surface area (Å²) < 4.78 is 14.0. The van der Waals surface area contributed by atoms with Gasteiger partial charge >= 0.3 is 0 Å². The third kappa shape index (κ3) is 2.52. The molecule has 19 heavy (non-hydrogen) atoms. The third-order valence-electron chi connectivity index (χ3n) is 2.90. The summed E-state index contributed by atoms with van der Waals surface area (Å²) in [5.74, 6) is 5.69. The largest absolute Gasteiger partial charge is 0.308 e. The van der Waals surface area contributed by atoms with E-state index in [0.717, 1.165) is 17.7 Å². The average molecular weight is 281 g/mol. The van der Waals surface area contributed by atoms with Crippen molar-refractivity contribution in [2.45, 2.75) is 20.3 Å². The molecule has 0 atom stereocenters. The smallest absolute Gasteiger partial charge is 0.164 e. The lowest BCUT2D eigenvalue weighted by molar-refractivity contribution is 0.630. The number of halogens is 2. The molecule has 0 saturated heterocycles. The summed E-state index contributed by atoms with van der Waals surface area (Å²) in [6, 6.07) is 4.72. The number of aromatic nitrogens is 2. The Balaban J connectivity index is 2.63. The van der Waals surface area contributed by atoms with Crippen molar-refractivity contribution in [3.63, 3.8) is 0 Å². The zero-order valence-corrected chi connectivity index (χ0v) is 11.4. The van der Waals surface area contributed by atoms with E-state index in [0.29, 0.717) is 5.82 Å². The maximum absolute atomic E-state index is 14.0. The van der Waals surface area contributed by atoms with Crippen LogP contribution in [0.3, 0.4) is 0 Å². The standard InChI is InChI=1S/C13H14ClFN4/c1-3-8-7(2)17-12(18-13(8)19-16)9-5-4-6-10(14)11(9)15/h4-6H,3,16H2,1-2H3,(H,17,18,19). The second kappa shape index (κ2) is 5.50. The summed E-state index contributed by atoms with van der Waals surface area (Å²) in [5, 5.41) is 0.0422. The highest BCUT2D eigenvalue weighted by molar-refractivity contribution is 6.31. The topological polar surface area (TPSA) is 63.8 Å². The van der Waals surface area contributed by atoms with E-state index in [1.54, 1.807) is 12.1 Å². The Morgan fingerprint density at radius 3 is 2.74 bits per heavy atom. The lowest BCUT2D eigenvalue weighted by Gasteiger charge is -2.12.